The van der Waals surface area contributed by atoms with Gasteiger partial charge in [0, 0.05) is 23.9 Å². The Morgan fingerprint density at radius 2 is 2.19 bits per heavy atom. The van der Waals surface area contributed by atoms with Crippen LogP contribution in [0.5, 0.6) is 0 Å². The van der Waals surface area contributed by atoms with Crippen LogP contribution in [-0.4, -0.2) is 32.1 Å². The monoisotopic (exact) mass is 491 g/mol. The number of esters is 1. The van der Waals surface area contributed by atoms with E-state index >= 15 is 0 Å². The second-order valence-corrected chi connectivity index (χ2v) is 6.65. The largest absolute Gasteiger partial charge is 0.465 e. The Hall–Kier alpha value is -1.55. The molecule has 6 nitrogen and oxygen atoms in total. The van der Waals surface area contributed by atoms with E-state index in [1.165, 1.54) is 12.0 Å². The lowest BCUT2D eigenvalue weighted by molar-refractivity contribution is 0.0599. The number of guanidine groups is 1. The summed E-state index contributed by atoms with van der Waals surface area (Å²) in [4.78, 5) is 17.5. The fraction of sp³-hybridized carbons (Fsp3) is 0.444. The molecule has 2 aromatic rings. The number of nitrogens with one attached hydrogen (secondary N) is 2. The summed E-state index contributed by atoms with van der Waals surface area (Å²) in [5.74, 6) is 1.90. The van der Waals surface area contributed by atoms with E-state index < -0.39 is 5.97 Å². The van der Waals surface area contributed by atoms with Gasteiger partial charge in [-0.25, -0.2) is 9.79 Å². The standard InChI is InChI=1S/C18H25N3O3S.HI/c1-5-19-18(20-10-12(2)16-7-6-8-25-16)21-11-14-9-15(13(3)24-14)17(22)23-4;/h6-9,12H,5,10-11H2,1-4H3,(H2,19,20,21);1H. The van der Waals surface area contributed by atoms with Crippen molar-refractivity contribution in [3.63, 3.8) is 0 Å². The summed E-state index contributed by atoms with van der Waals surface area (Å²) in [6.45, 7) is 7.85. The highest BCUT2D eigenvalue weighted by Gasteiger charge is 2.15. The molecule has 8 heteroatoms. The number of carbonyl (C=O) groups excluding carboxylic acids is 1. The maximum atomic E-state index is 11.6. The molecule has 0 amide bonds. The molecule has 144 valence electrons. The van der Waals surface area contributed by atoms with Crippen LogP contribution in [0.4, 0.5) is 0 Å². The van der Waals surface area contributed by atoms with E-state index in [0.29, 0.717) is 29.5 Å². The second-order valence-electron chi connectivity index (χ2n) is 5.67. The first-order valence-corrected chi connectivity index (χ1v) is 9.16. The maximum Gasteiger partial charge on any atom is 0.341 e. The van der Waals surface area contributed by atoms with Crippen molar-refractivity contribution < 1.29 is 13.9 Å². The number of hydrogen-bond acceptors (Lipinski definition) is 5. The Labute approximate surface area is 175 Å². The van der Waals surface area contributed by atoms with Crippen LogP contribution < -0.4 is 10.6 Å². The molecule has 2 N–H and O–H groups in total. The van der Waals surface area contributed by atoms with Gasteiger partial charge in [-0.1, -0.05) is 13.0 Å². The van der Waals surface area contributed by atoms with Crippen LogP contribution in [0.2, 0.25) is 0 Å². The molecule has 1 unspecified atom stereocenters. The number of ether oxygens (including phenoxy) is 1. The number of furan rings is 1. The quantitative estimate of drug-likeness (QED) is 0.266. The van der Waals surface area contributed by atoms with Gasteiger partial charge in [0.1, 0.15) is 23.6 Å². The highest BCUT2D eigenvalue weighted by Crippen LogP contribution is 2.19. The normalized spacial score (nSPS) is 12.2. The summed E-state index contributed by atoms with van der Waals surface area (Å²) in [7, 11) is 1.36. The molecule has 2 heterocycles. The third-order valence-electron chi connectivity index (χ3n) is 3.72. The predicted molar refractivity (Wildman–Crippen MR) is 116 cm³/mol. The molecular formula is C18H26IN3O3S. The van der Waals surface area contributed by atoms with Crippen molar-refractivity contribution in [2.45, 2.75) is 33.2 Å². The van der Waals surface area contributed by atoms with Crippen molar-refractivity contribution in [2.24, 2.45) is 4.99 Å². The Kier molecular flexibility index (Phi) is 9.71. The van der Waals surface area contributed by atoms with Gasteiger partial charge >= 0.3 is 5.97 Å². The molecule has 2 aromatic heterocycles. The van der Waals surface area contributed by atoms with E-state index in [1.54, 1.807) is 24.3 Å². The zero-order valence-corrected chi connectivity index (χ0v) is 18.6. The van der Waals surface area contributed by atoms with Crippen LogP contribution >= 0.6 is 35.3 Å². The minimum absolute atomic E-state index is 0. The van der Waals surface area contributed by atoms with Gasteiger partial charge < -0.3 is 19.8 Å². The highest BCUT2D eigenvalue weighted by atomic mass is 127. The lowest BCUT2D eigenvalue weighted by Crippen LogP contribution is -2.39. The highest BCUT2D eigenvalue weighted by molar-refractivity contribution is 14.0. The molecule has 0 spiro atoms. The van der Waals surface area contributed by atoms with Gasteiger partial charge in [0.15, 0.2) is 5.96 Å². The summed E-state index contributed by atoms with van der Waals surface area (Å²) >= 11 is 1.76. The van der Waals surface area contributed by atoms with Crippen LogP contribution in [-0.2, 0) is 11.3 Å². The van der Waals surface area contributed by atoms with Gasteiger partial charge in [0.25, 0.3) is 0 Å². The Balaban J connectivity index is 0.00000338. The van der Waals surface area contributed by atoms with Crippen LogP contribution in [0.15, 0.2) is 33.0 Å². The zero-order valence-electron chi connectivity index (χ0n) is 15.5. The van der Waals surface area contributed by atoms with Crippen molar-refractivity contribution in [3.8, 4) is 0 Å². The van der Waals surface area contributed by atoms with E-state index in [9.17, 15) is 4.79 Å². The van der Waals surface area contributed by atoms with Gasteiger partial charge in [-0.2, -0.15) is 0 Å². The average molecular weight is 491 g/mol. The number of rotatable bonds is 7. The minimum atomic E-state index is -0.397. The average Bonchev–Trinajstić information content (AvgIpc) is 3.26. The van der Waals surface area contributed by atoms with Gasteiger partial charge in [0.05, 0.1) is 7.11 Å². The van der Waals surface area contributed by atoms with Crippen molar-refractivity contribution in [1.29, 1.82) is 0 Å². The Morgan fingerprint density at radius 1 is 1.42 bits per heavy atom. The molecule has 0 aromatic carbocycles. The lowest BCUT2D eigenvalue weighted by atomic mass is 10.1. The SMILES string of the molecule is CCNC(=NCc1cc(C(=O)OC)c(C)o1)NCC(C)c1cccs1.I. The Morgan fingerprint density at radius 3 is 2.81 bits per heavy atom. The number of aliphatic imine (C=N–C) groups is 1. The number of aryl methyl sites for hydroxylation is 1. The Bertz CT molecular complexity index is 713. The van der Waals surface area contributed by atoms with Crippen LogP contribution in [0.3, 0.4) is 0 Å². The predicted octanol–water partition coefficient (Wildman–Crippen LogP) is 3.91. The summed E-state index contributed by atoms with van der Waals surface area (Å²) in [6, 6.07) is 5.89. The van der Waals surface area contributed by atoms with Gasteiger partial charge in [0.2, 0.25) is 0 Å². The molecule has 2 rings (SSSR count). The topological polar surface area (TPSA) is 75.9 Å². The molecule has 0 radical (unpaired) electrons. The third kappa shape index (κ3) is 6.31. The van der Waals surface area contributed by atoms with Gasteiger partial charge in [-0.3, -0.25) is 0 Å². The third-order valence-corrected chi connectivity index (χ3v) is 4.82. The summed E-state index contributed by atoms with van der Waals surface area (Å²) in [6.07, 6.45) is 0. The molecule has 1 atom stereocenters. The lowest BCUT2D eigenvalue weighted by Gasteiger charge is -2.14. The molecule has 0 bridgehead atoms. The first-order valence-electron chi connectivity index (χ1n) is 8.28. The second kappa shape index (κ2) is 11.2. The summed E-state index contributed by atoms with van der Waals surface area (Å²) in [5.41, 5.74) is 0.442. The van der Waals surface area contributed by atoms with E-state index in [2.05, 4.69) is 40.1 Å². The number of thiophene rings is 1. The molecule has 0 fully saturated rings. The van der Waals surface area contributed by atoms with Crippen molar-refractivity contribution in [3.05, 3.63) is 45.5 Å². The number of methoxy groups -OCH3 is 1. The molecule has 0 aliphatic heterocycles. The van der Waals surface area contributed by atoms with E-state index in [0.717, 1.165) is 19.0 Å². The number of hydrogen-bond donors (Lipinski definition) is 2. The van der Waals surface area contributed by atoms with Gasteiger partial charge in [-0.05, 0) is 31.4 Å². The fourth-order valence-corrected chi connectivity index (χ4v) is 3.14. The molecule has 0 aliphatic rings. The van der Waals surface area contributed by atoms with Gasteiger partial charge in [-0.15, -0.1) is 35.3 Å². The van der Waals surface area contributed by atoms with Crippen LogP contribution in [0.1, 0.15) is 46.5 Å². The maximum absolute atomic E-state index is 11.6. The number of nitrogens with zero attached hydrogens (tertiary/aromatic N) is 1. The van der Waals surface area contributed by atoms with Crippen molar-refractivity contribution in [2.75, 3.05) is 20.2 Å². The van der Waals surface area contributed by atoms with Crippen molar-refractivity contribution >= 4 is 47.2 Å². The smallest absolute Gasteiger partial charge is 0.341 e. The first kappa shape index (κ1) is 22.5. The minimum Gasteiger partial charge on any atom is -0.465 e. The molecule has 0 saturated heterocycles. The zero-order chi connectivity index (χ0) is 18.2. The number of halogens is 1. The van der Waals surface area contributed by atoms with E-state index in [4.69, 9.17) is 9.15 Å². The van der Waals surface area contributed by atoms with Crippen LogP contribution in [0, 0.1) is 6.92 Å². The van der Waals surface area contributed by atoms with Crippen molar-refractivity contribution in [1.82, 2.24) is 10.6 Å². The molecular weight excluding hydrogens is 465 g/mol. The molecule has 0 aliphatic carbocycles. The summed E-state index contributed by atoms with van der Waals surface area (Å²) in [5, 5.41) is 8.65. The first-order chi connectivity index (χ1) is 12.0. The fourth-order valence-electron chi connectivity index (χ4n) is 2.35. The van der Waals surface area contributed by atoms with E-state index in [-0.39, 0.29) is 24.0 Å². The summed E-state index contributed by atoms with van der Waals surface area (Å²) < 4.78 is 10.3. The van der Waals surface area contributed by atoms with Crippen LogP contribution in [0.25, 0.3) is 0 Å². The van der Waals surface area contributed by atoms with E-state index in [1.807, 2.05) is 6.92 Å². The molecule has 0 saturated carbocycles. The molecule has 26 heavy (non-hydrogen) atoms. The number of carbonyl (C=O) groups is 1.